The van der Waals surface area contributed by atoms with Crippen molar-refractivity contribution >= 4 is 5.97 Å². The minimum atomic E-state index is -0.430. The molecule has 0 heterocycles. The monoisotopic (exact) mass is 360 g/mol. The van der Waals surface area contributed by atoms with Gasteiger partial charge in [0.15, 0.2) is 0 Å². The lowest BCUT2D eigenvalue weighted by atomic mass is 9.49. The smallest absolute Gasteiger partial charge is 0.303 e. The molecule has 7 atom stereocenters. The number of aliphatic hydroxyl groups is 1. The molecule has 0 aromatic carbocycles. The molecule has 3 fully saturated rings. The van der Waals surface area contributed by atoms with Gasteiger partial charge >= 0.3 is 5.97 Å². The van der Waals surface area contributed by atoms with Gasteiger partial charge in [0.25, 0.3) is 0 Å². The zero-order valence-corrected chi connectivity index (χ0v) is 16.8. The molecule has 0 aromatic rings. The summed E-state index contributed by atoms with van der Waals surface area (Å²) in [5.41, 5.74) is 1.30. The van der Waals surface area contributed by atoms with Gasteiger partial charge < -0.3 is 9.84 Å². The summed E-state index contributed by atoms with van der Waals surface area (Å²) >= 11 is 0. The van der Waals surface area contributed by atoms with Crippen molar-refractivity contribution in [3.8, 4) is 0 Å². The Morgan fingerprint density at radius 2 is 1.92 bits per heavy atom. The fourth-order valence-corrected chi connectivity index (χ4v) is 7.83. The van der Waals surface area contributed by atoms with Crippen molar-refractivity contribution in [2.24, 2.45) is 29.1 Å². The zero-order chi connectivity index (χ0) is 18.5. The van der Waals surface area contributed by atoms with E-state index in [9.17, 15) is 9.90 Å². The predicted octanol–water partition coefficient (Wildman–Crippen LogP) is 5.02. The van der Waals surface area contributed by atoms with Crippen LogP contribution in [-0.2, 0) is 9.53 Å². The number of hydrogen-bond acceptors (Lipinski definition) is 3. The highest BCUT2D eigenvalue weighted by Crippen LogP contribution is 2.66. The van der Waals surface area contributed by atoms with Crippen molar-refractivity contribution in [3.63, 3.8) is 0 Å². The standard InChI is InChI=1S/C23H36O3/c1-4-22-12-10-19-18-9-7-17(26-15(3)24)14-16(18)6-8-20(19)21(22)11-13-23(22,25)5-2/h14,17-21,25H,4-13H2,1-3H3/t17?,18-,19+,20+,21-,22-,23-/m0/s1. The molecule has 0 bridgehead atoms. The van der Waals surface area contributed by atoms with Crippen LogP contribution >= 0.6 is 0 Å². The second-order valence-corrected chi connectivity index (χ2v) is 9.52. The van der Waals surface area contributed by atoms with Crippen LogP contribution in [0.2, 0.25) is 0 Å². The largest absolute Gasteiger partial charge is 0.458 e. The van der Waals surface area contributed by atoms with E-state index in [1.165, 1.54) is 45.4 Å². The Hall–Kier alpha value is -0.830. The molecule has 3 heteroatoms. The van der Waals surface area contributed by atoms with Gasteiger partial charge in [0.05, 0.1) is 5.60 Å². The van der Waals surface area contributed by atoms with E-state index in [0.29, 0.717) is 11.8 Å². The van der Waals surface area contributed by atoms with Gasteiger partial charge in [-0.15, -0.1) is 0 Å². The predicted molar refractivity (Wildman–Crippen MR) is 102 cm³/mol. The summed E-state index contributed by atoms with van der Waals surface area (Å²) in [6, 6.07) is 0. The van der Waals surface area contributed by atoms with Crippen molar-refractivity contribution in [2.45, 2.75) is 96.7 Å². The van der Waals surface area contributed by atoms with Crippen LogP contribution in [0.1, 0.15) is 85.0 Å². The average molecular weight is 361 g/mol. The van der Waals surface area contributed by atoms with Crippen LogP contribution in [0.25, 0.3) is 0 Å². The number of carbonyl (C=O) groups is 1. The minimum absolute atomic E-state index is 0.00489. The van der Waals surface area contributed by atoms with E-state index in [1.807, 2.05) is 0 Å². The van der Waals surface area contributed by atoms with Crippen LogP contribution in [0, 0.1) is 29.1 Å². The lowest BCUT2D eigenvalue weighted by Gasteiger charge is -2.57. The number of hydrogen-bond donors (Lipinski definition) is 1. The molecular weight excluding hydrogens is 324 g/mol. The van der Waals surface area contributed by atoms with Crippen molar-refractivity contribution in [3.05, 3.63) is 11.6 Å². The third kappa shape index (κ3) is 2.60. The summed E-state index contributed by atoms with van der Waals surface area (Å²) in [4.78, 5) is 11.3. The fourth-order valence-electron chi connectivity index (χ4n) is 7.83. The summed E-state index contributed by atoms with van der Waals surface area (Å²) in [6.45, 7) is 6.02. The molecule has 3 saturated carbocycles. The quantitative estimate of drug-likeness (QED) is 0.568. The summed E-state index contributed by atoms with van der Waals surface area (Å²) in [6.07, 6.45) is 13.6. The molecule has 146 valence electrons. The van der Waals surface area contributed by atoms with E-state index in [-0.39, 0.29) is 17.5 Å². The van der Waals surface area contributed by atoms with Crippen LogP contribution in [0.5, 0.6) is 0 Å². The number of esters is 1. The molecule has 4 rings (SSSR count). The summed E-state index contributed by atoms with van der Waals surface area (Å²) in [5.74, 6) is 2.83. The van der Waals surface area contributed by atoms with Gasteiger partial charge in [-0.2, -0.15) is 0 Å². The molecule has 0 saturated heterocycles. The zero-order valence-electron chi connectivity index (χ0n) is 16.8. The third-order valence-electron chi connectivity index (χ3n) is 8.95. The number of fused-ring (bicyclic) bond motifs is 5. The molecular formula is C23H36O3. The van der Waals surface area contributed by atoms with Gasteiger partial charge in [0.1, 0.15) is 6.10 Å². The molecule has 1 unspecified atom stereocenters. The van der Waals surface area contributed by atoms with Crippen molar-refractivity contribution in [2.75, 3.05) is 0 Å². The van der Waals surface area contributed by atoms with Crippen LogP contribution in [0.15, 0.2) is 11.6 Å². The first-order valence-electron chi connectivity index (χ1n) is 11.0. The molecule has 0 aliphatic heterocycles. The third-order valence-corrected chi connectivity index (χ3v) is 8.95. The fraction of sp³-hybridized carbons (Fsp3) is 0.870. The van der Waals surface area contributed by atoms with Crippen LogP contribution in [-0.4, -0.2) is 22.8 Å². The molecule has 0 amide bonds. The first-order valence-corrected chi connectivity index (χ1v) is 11.0. The normalized spacial score (nSPS) is 47.4. The van der Waals surface area contributed by atoms with Gasteiger partial charge in [-0.25, -0.2) is 0 Å². The van der Waals surface area contributed by atoms with Gasteiger partial charge in [-0.05, 0) is 94.0 Å². The summed E-state index contributed by atoms with van der Waals surface area (Å²) in [5, 5.41) is 11.4. The maximum atomic E-state index is 11.4. The van der Waals surface area contributed by atoms with Crippen molar-refractivity contribution < 1.29 is 14.6 Å². The highest BCUT2D eigenvalue weighted by molar-refractivity contribution is 5.66. The minimum Gasteiger partial charge on any atom is -0.458 e. The van der Waals surface area contributed by atoms with E-state index >= 15 is 0 Å². The molecule has 0 spiro atoms. The summed E-state index contributed by atoms with van der Waals surface area (Å²) < 4.78 is 5.47. The number of carbonyl (C=O) groups excluding carboxylic acids is 1. The van der Waals surface area contributed by atoms with Crippen LogP contribution in [0.3, 0.4) is 0 Å². The van der Waals surface area contributed by atoms with E-state index in [2.05, 4.69) is 19.9 Å². The lowest BCUT2D eigenvalue weighted by Crippen LogP contribution is -2.53. The second-order valence-electron chi connectivity index (χ2n) is 9.52. The Kier molecular flexibility index (Phi) is 4.74. The Balaban J connectivity index is 1.57. The molecule has 3 nitrogen and oxygen atoms in total. The maximum absolute atomic E-state index is 11.4. The highest BCUT2D eigenvalue weighted by atomic mass is 16.5. The Bertz CT molecular complexity index is 596. The molecule has 26 heavy (non-hydrogen) atoms. The SMILES string of the molecule is CC[C@]1(O)CC[C@H]2[C@@H]3CCC4=CC(OC(C)=O)CC[C@@H]4[C@H]3CC[C@@]21CC. The van der Waals surface area contributed by atoms with Crippen molar-refractivity contribution in [1.82, 2.24) is 0 Å². The topological polar surface area (TPSA) is 46.5 Å². The van der Waals surface area contributed by atoms with Crippen LogP contribution in [0.4, 0.5) is 0 Å². The molecule has 0 aromatic heterocycles. The maximum Gasteiger partial charge on any atom is 0.303 e. The summed E-state index contributed by atoms with van der Waals surface area (Å²) in [7, 11) is 0. The first-order chi connectivity index (χ1) is 12.4. The van der Waals surface area contributed by atoms with E-state index in [1.54, 1.807) is 5.57 Å². The first kappa shape index (κ1) is 18.5. The van der Waals surface area contributed by atoms with Gasteiger partial charge in [-0.1, -0.05) is 19.4 Å². The Labute approximate surface area is 158 Å². The van der Waals surface area contributed by atoms with Gasteiger partial charge in [0, 0.05) is 12.3 Å². The van der Waals surface area contributed by atoms with Gasteiger partial charge in [-0.3, -0.25) is 4.79 Å². The van der Waals surface area contributed by atoms with Crippen LogP contribution < -0.4 is 0 Å². The molecule has 4 aliphatic rings. The Morgan fingerprint density at radius 3 is 2.62 bits per heavy atom. The van der Waals surface area contributed by atoms with E-state index < -0.39 is 5.60 Å². The van der Waals surface area contributed by atoms with Gasteiger partial charge in [0.2, 0.25) is 0 Å². The van der Waals surface area contributed by atoms with E-state index in [4.69, 9.17) is 4.74 Å². The average Bonchev–Trinajstić information content (AvgIpc) is 2.94. The van der Waals surface area contributed by atoms with E-state index in [0.717, 1.165) is 37.5 Å². The lowest BCUT2D eigenvalue weighted by molar-refractivity contribution is -0.145. The highest BCUT2D eigenvalue weighted by Gasteiger charge is 2.62. The molecule has 1 N–H and O–H groups in total. The second kappa shape index (κ2) is 6.65. The number of ether oxygens (including phenoxy) is 1. The number of allylic oxidation sites excluding steroid dienone is 1. The van der Waals surface area contributed by atoms with Crippen molar-refractivity contribution in [1.29, 1.82) is 0 Å². The molecule has 0 radical (unpaired) electrons. The number of rotatable bonds is 3. The molecule has 4 aliphatic carbocycles. The Morgan fingerprint density at radius 1 is 1.12 bits per heavy atom.